The van der Waals surface area contributed by atoms with Crippen molar-refractivity contribution in [1.82, 2.24) is 25.5 Å². The highest BCUT2D eigenvalue weighted by Gasteiger charge is 2.15. The van der Waals surface area contributed by atoms with Crippen molar-refractivity contribution in [2.45, 2.75) is 25.8 Å². The van der Waals surface area contributed by atoms with Gasteiger partial charge in [0.1, 0.15) is 0 Å². The first-order valence-electron chi connectivity index (χ1n) is 6.51. The van der Waals surface area contributed by atoms with Gasteiger partial charge < -0.3 is 5.32 Å². The lowest BCUT2D eigenvalue weighted by Crippen LogP contribution is -2.24. The summed E-state index contributed by atoms with van der Waals surface area (Å²) in [6.07, 6.45) is 1.76. The Morgan fingerprint density at radius 3 is 2.85 bits per heavy atom. The topological polar surface area (TPSA) is 55.6 Å². The van der Waals surface area contributed by atoms with Gasteiger partial charge in [-0.05, 0) is 51.8 Å². The van der Waals surface area contributed by atoms with E-state index in [1.807, 2.05) is 18.2 Å². The molecule has 20 heavy (non-hydrogen) atoms. The first kappa shape index (κ1) is 15.4. The second-order valence-electron chi connectivity index (χ2n) is 4.58. The van der Waals surface area contributed by atoms with E-state index in [9.17, 15) is 0 Å². The van der Waals surface area contributed by atoms with Crippen LogP contribution >= 0.6 is 27.5 Å². The lowest BCUT2D eigenvalue weighted by Gasteiger charge is -2.18. The van der Waals surface area contributed by atoms with Crippen molar-refractivity contribution in [2.75, 3.05) is 6.54 Å². The van der Waals surface area contributed by atoms with Crippen molar-refractivity contribution in [2.24, 2.45) is 7.05 Å². The standard InChI is InChI=1S/C13H17BrClN5/c1-3-6-16-12(8-13-17-19-20(2)18-13)9-4-5-11(15)10(14)7-9/h4-5,7,12,16H,3,6,8H2,1-2H3. The zero-order valence-corrected chi connectivity index (χ0v) is 13.8. The van der Waals surface area contributed by atoms with E-state index in [1.54, 1.807) is 7.05 Å². The number of rotatable bonds is 6. The number of hydrogen-bond acceptors (Lipinski definition) is 4. The van der Waals surface area contributed by atoms with Gasteiger partial charge in [-0.1, -0.05) is 24.6 Å². The van der Waals surface area contributed by atoms with Gasteiger partial charge in [-0.25, -0.2) is 0 Å². The third-order valence-electron chi connectivity index (χ3n) is 2.92. The molecule has 0 spiro atoms. The molecule has 0 amide bonds. The van der Waals surface area contributed by atoms with Gasteiger partial charge in [0.05, 0.1) is 12.1 Å². The summed E-state index contributed by atoms with van der Waals surface area (Å²) in [5.41, 5.74) is 1.15. The molecule has 1 aromatic heterocycles. The number of halogens is 2. The average molecular weight is 359 g/mol. The summed E-state index contributed by atoms with van der Waals surface area (Å²) < 4.78 is 0.895. The van der Waals surface area contributed by atoms with Crippen LogP contribution in [0.3, 0.4) is 0 Å². The van der Waals surface area contributed by atoms with Gasteiger partial charge in [-0.15, -0.1) is 10.2 Å². The molecule has 0 radical (unpaired) electrons. The minimum atomic E-state index is 0.146. The molecule has 2 aromatic rings. The molecule has 1 aromatic carbocycles. The Hall–Kier alpha value is -0.980. The molecule has 0 aliphatic heterocycles. The Kier molecular flexibility index (Phi) is 5.51. The highest BCUT2D eigenvalue weighted by molar-refractivity contribution is 9.10. The van der Waals surface area contributed by atoms with E-state index in [0.717, 1.165) is 28.8 Å². The van der Waals surface area contributed by atoms with E-state index in [0.29, 0.717) is 11.4 Å². The van der Waals surface area contributed by atoms with Crippen LogP contribution in [0.25, 0.3) is 0 Å². The van der Waals surface area contributed by atoms with Crippen LogP contribution in [-0.2, 0) is 13.5 Å². The summed E-state index contributed by atoms with van der Waals surface area (Å²) >= 11 is 9.51. The third kappa shape index (κ3) is 4.01. The van der Waals surface area contributed by atoms with Gasteiger partial charge >= 0.3 is 0 Å². The summed E-state index contributed by atoms with van der Waals surface area (Å²) in [4.78, 5) is 1.48. The second-order valence-corrected chi connectivity index (χ2v) is 5.84. The third-order valence-corrected chi connectivity index (χ3v) is 4.14. The molecule has 1 N–H and O–H groups in total. The molecule has 1 atom stereocenters. The summed E-state index contributed by atoms with van der Waals surface area (Å²) in [6, 6.07) is 6.10. The number of benzene rings is 1. The Morgan fingerprint density at radius 2 is 2.25 bits per heavy atom. The Bertz CT molecular complexity index is 572. The molecule has 0 fully saturated rings. The van der Waals surface area contributed by atoms with E-state index in [-0.39, 0.29) is 6.04 Å². The molecule has 7 heteroatoms. The van der Waals surface area contributed by atoms with E-state index >= 15 is 0 Å². The van der Waals surface area contributed by atoms with Gasteiger partial charge in [-0.3, -0.25) is 0 Å². The van der Waals surface area contributed by atoms with Crippen molar-refractivity contribution in [3.05, 3.63) is 39.1 Å². The van der Waals surface area contributed by atoms with Gasteiger partial charge in [0.2, 0.25) is 0 Å². The van der Waals surface area contributed by atoms with Gasteiger partial charge in [0.25, 0.3) is 0 Å². The van der Waals surface area contributed by atoms with E-state index in [2.05, 4.69) is 43.6 Å². The van der Waals surface area contributed by atoms with Crippen molar-refractivity contribution in [3.63, 3.8) is 0 Å². The molecule has 1 heterocycles. The molecular weight excluding hydrogens is 342 g/mol. The van der Waals surface area contributed by atoms with E-state index in [4.69, 9.17) is 11.6 Å². The number of aryl methyl sites for hydroxylation is 1. The largest absolute Gasteiger partial charge is 0.310 e. The molecule has 2 rings (SSSR count). The fourth-order valence-corrected chi connectivity index (χ4v) is 2.46. The number of tetrazole rings is 1. The molecule has 0 aliphatic carbocycles. The van der Waals surface area contributed by atoms with Crippen molar-refractivity contribution in [3.8, 4) is 0 Å². The van der Waals surface area contributed by atoms with Crippen LogP contribution < -0.4 is 5.32 Å². The van der Waals surface area contributed by atoms with Crippen LogP contribution in [-0.4, -0.2) is 26.8 Å². The van der Waals surface area contributed by atoms with Crippen LogP contribution in [0, 0.1) is 0 Å². The molecular formula is C13H17BrClN5. The quantitative estimate of drug-likeness (QED) is 0.862. The smallest absolute Gasteiger partial charge is 0.176 e. The number of hydrogen-bond donors (Lipinski definition) is 1. The molecule has 0 bridgehead atoms. The van der Waals surface area contributed by atoms with Gasteiger partial charge in [-0.2, -0.15) is 4.80 Å². The summed E-state index contributed by atoms with van der Waals surface area (Å²) in [5.74, 6) is 0.729. The van der Waals surface area contributed by atoms with Crippen molar-refractivity contribution < 1.29 is 0 Å². The molecule has 5 nitrogen and oxygen atoms in total. The normalized spacial score (nSPS) is 12.6. The predicted octanol–water partition coefficient (Wildman–Crippen LogP) is 2.91. The zero-order chi connectivity index (χ0) is 14.5. The second kappa shape index (κ2) is 7.15. The molecule has 108 valence electrons. The maximum Gasteiger partial charge on any atom is 0.176 e. The first-order chi connectivity index (χ1) is 9.60. The maximum atomic E-state index is 6.05. The zero-order valence-electron chi connectivity index (χ0n) is 11.5. The molecule has 0 saturated carbocycles. The summed E-state index contributed by atoms with van der Waals surface area (Å²) in [6.45, 7) is 3.08. The highest BCUT2D eigenvalue weighted by Crippen LogP contribution is 2.27. The number of nitrogens with one attached hydrogen (secondary N) is 1. The summed E-state index contributed by atoms with van der Waals surface area (Å²) in [7, 11) is 1.77. The predicted molar refractivity (Wildman–Crippen MR) is 82.7 cm³/mol. The van der Waals surface area contributed by atoms with Gasteiger partial charge in [0, 0.05) is 16.9 Å². The van der Waals surface area contributed by atoms with Crippen molar-refractivity contribution in [1.29, 1.82) is 0 Å². The molecule has 0 aliphatic rings. The Labute approximate surface area is 131 Å². The highest BCUT2D eigenvalue weighted by atomic mass is 79.9. The fraction of sp³-hybridized carbons (Fsp3) is 0.462. The van der Waals surface area contributed by atoms with Crippen LogP contribution in [0.5, 0.6) is 0 Å². The van der Waals surface area contributed by atoms with E-state index in [1.165, 1.54) is 4.80 Å². The first-order valence-corrected chi connectivity index (χ1v) is 7.68. The lowest BCUT2D eigenvalue weighted by molar-refractivity contribution is 0.516. The number of aromatic nitrogens is 4. The summed E-state index contributed by atoms with van der Waals surface area (Å²) in [5, 5.41) is 16.4. The van der Waals surface area contributed by atoms with Crippen LogP contribution in [0.15, 0.2) is 22.7 Å². The Balaban J connectivity index is 2.19. The Morgan fingerprint density at radius 1 is 1.45 bits per heavy atom. The van der Waals surface area contributed by atoms with E-state index < -0.39 is 0 Å². The maximum absolute atomic E-state index is 6.05. The van der Waals surface area contributed by atoms with Gasteiger partial charge in [0.15, 0.2) is 5.82 Å². The SMILES string of the molecule is CCCNC(Cc1nnn(C)n1)c1ccc(Cl)c(Br)c1. The number of nitrogens with zero attached hydrogens (tertiary/aromatic N) is 4. The van der Waals surface area contributed by atoms with Crippen LogP contribution in [0.2, 0.25) is 5.02 Å². The minimum Gasteiger partial charge on any atom is -0.310 e. The molecule has 0 saturated heterocycles. The fourth-order valence-electron chi connectivity index (χ4n) is 1.94. The minimum absolute atomic E-state index is 0.146. The average Bonchev–Trinajstić information content (AvgIpc) is 2.83. The van der Waals surface area contributed by atoms with Crippen molar-refractivity contribution >= 4 is 27.5 Å². The molecule has 1 unspecified atom stereocenters. The van der Waals surface area contributed by atoms with Crippen LogP contribution in [0.1, 0.15) is 30.8 Å². The monoisotopic (exact) mass is 357 g/mol. The lowest BCUT2D eigenvalue weighted by atomic mass is 10.0. The van der Waals surface area contributed by atoms with Crippen LogP contribution in [0.4, 0.5) is 0 Å².